The lowest BCUT2D eigenvalue weighted by molar-refractivity contribution is 0.707. The highest BCUT2D eigenvalue weighted by molar-refractivity contribution is 5.55. The molecule has 3 aromatic rings. The second-order valence-electron chi connectivity index (χ2n) is 5.76. The number of nitrogens with zero attached hydrogens (tertiary/aromatic N) is 4. The van der Waals surface area contributed by atoms with Gasteiger partial charge in [0.15, 0.2) is 0 Å². The molecule has 1 atom stereocenters. The molecule has 5 heteroatoms. The van der Waals surface area contributed by atoms with Crippen LogP contribution in [-0.4, -0.2) is 9.78 Å². The van der Waals surface area contributed by atoms with E-state index in [9.17, 15) is 10.5 Å². The van der Waals surface area contributed by atoms with Crippen LogP contribution in [0.1, 0.15) is 22.7 Å². The van der Waals surface area contributed by atoms with Crippen molar-refractivity contribution in [2.45, 2.75) is 12.8 Å². The van der Waals surface area contributed by atoms with E-state index in [1.165, 1.54) is 0 Å². The fraction of sp³-hybridized carbons (Fsp3) is 0.150. The summed E-state index contributed by atoms with van der Waals surface area (Å²) in [5.41, 5.74) is 9.55. The molecule has 3 rings (SSSR count). The molecule has 1 heterocycles. The van der Waals surface area contributed by atoms with Crippen molar-refractivity contribution in [3.63, 3.8) is 0 Å². The molecule has 0 saturated carbocycles. The van der Waals surface area contributed by atoms with Crippen molar-refractivity contribution < 1.29 is 0 Å². The summed E-state index contributed by atoms with van der Waals surface area (Å²) in [4.78, 5) is 0. The zero-order valence-corrected chi connectivity index (χ0v) is 13.8. The van der Waals surface area contributed by atoms with E-state index < -0.39 is 11.8 Å². The number of anilines is 1. The van der Waals surface area contributed by atoms with Crippen molar-refractivity contribution >= 4 is 5.82 Å². The number of aromatic nitrogens is 2. The Labute approximate surface area is 146 Å². The summed E-state index contributed by atoms with van der Waals surface area (Å²) in [5.74, 6) is -0.849. The van der Waals surface area contributed by atoms with Crippen LogP contribution in [0.2, 0.25) is 0 Å². The van der Waals surface area contributed by atoms with Gasteiger partial charge in [0.25, 0.3) is 0 Å². The first-order valence-electron chi connectivity index (χ1n) is 7.92. The monoisotopic (exact) mass is 327 g/mol. The van der Waals surface area contributed by atoms with Crippen molar-refractivity contribution in [3.8, 4) is 17.8 Å². The van der Waals surface area contributed by atoms with Crippen molar-refractivity contribution in [2.24, 2.45) is 5.92 Å². The van der Waals surface area contributed by atoms with Gasteiger partial charge in [0.2, 0.25) is 0 Å². The molecule has 2 aromatic carbocycles. The van der Waals surface area contributed by atoms with Crippen molar-refractivity contribution in [2.75, 3.05) is 5.73 Å². The number of para-hydroxylation sites is 1. The molecule has 2 N–H and O–H groups in total. The van der Waals surface area contributed by atoms with E-state index in [-0.39, 0.29) is 0 Å². The summed E-state index contributed by atoms with van der Waals surface area (Å²) in [6.07, 6.45) is 0. The van der Waals surface area contributed by atoms with Crippen LogP contribution < -0.4 is 5.73 Å². The number of benzene rings is 2. The van der Waals surface area contributed by atoms with Crippen LogP contribution in [0.5, 0.6) is 0 Å². The van der Waals surface area contributed by atoms with E-state index >= 15 is 0 Å². The summed E-state index contributed by atoms with van der Waals surface area (Å²) < 4.78 is 1.66. The fourth-order valence-corrected chi connectivity index (χ4v) is 3.07. The molecule has 1 aromatic heterocycles. The standard InChI is InChI=1S/C20H17N5/c1-14-18(20(23)25(24-14)17-10-6-3-7-11-17)19(16(12-21)13-22)15-8-4-2-5-9-15/h2-11,16,19H,23H2,1H3. The molecule has 0 aliphatic heterocycles. The smallest absolute Gasteiger partial charge is 0.144 e. The average molecular weight is 327 g/mol. The third-order valence-electron chi connectivity index (χ3n) is 4.23. The maximum absolute atomic E-state index is 9.48. The predicted molar refractivity (Wildman–Crippen MR) is 95.7 cm³/mol. The fourth-order valence-electron chi connectivity index (χ4n) is 3.07. The summed E-state index contributed by atoms with van der Waals surface area (Å²) in [6.45, 7) is 1.85. The Hall–Kier alpha value is -3.57. The van der Waals surface area contributed by atoms with Gasteiger partial charge in [-0.25, -0.2) is 4.68 Å². The molecule has 0 aliphatic rings. The number of aryl methyl sites for hydroxylation is 1. The molecule has 122 valence electrons. The highest BCUT2D eigenvalue weighted by Gasteiger charge is 2.31. The quantitative estimate of drug-likeness (QED) is 0.793. The molecule has 1 unspecified atom stereocenters. The van der Waals surface area contributed by atoms with Gasteiger partial charge in [0, 0.05) is 11.5 Å². The average Bonchev–Trinajstić information content (AvgIpc) is 2.95. The second kappa shape index (κ2) is 6.90. The maximum atomic E-state index is 9.48. The highest BCUT2D eigenvalue weighted by atomic mass is 15.3. The van der Waals surface area contributed by atoms with Crippen LogP contribution in [0.4, 0.5) is 5.82 Å². The third-order valence-corrected chi connectivity index (χ3v) is 4.23. The number of hydrogen-bond donors (Lipinski definition) is 1. The van der Waals surface area contributed by atoms with Gasteiger partial charge in [-0.2, -0.15) is 15.6 Å². The van der Waals surface area contributed by atoms with Crippen molar-refractivity contribution in [3.05, 3.63) is 77.5 Å². The van der Waals surface area contributed by atoms with Crippen LogP contribution in [0, 0.1) is 35.5 Å². The lowest BCUT2D eigenvalue weighted by atomic mass is 9.82. The SMILES string of the molecule is Cc1nn(-c2ccccc2)c(N)c1C(c1ccccc1)C(C#N)C#N. The van der Waals surface area contributed by atoms with Gasteiger partial charge >= 0.3 is 0 Å². The number of nitrogen functional groups attached to an aromatic ring is 1. The Morgan fingerprint density at radius 2 is 1.52 bits per heavy atom. The molecule has 25 heavy (non-hydrogen) atoms. The number of rotatable bonds is 4. The normalized spacial score (nSPS) is 11.7. The Morgan fingerprint density at radius 3 is 2.08 bits per heavy atom. The minimum Gasteiger partial charge on any atom is -0.383 e. The maximum Gasteiger partial charge on any atom is 0.144 e. The zero-order valence-electron chi connectivity index (χ0n) is 13.8. The molecule has 5 nitrogen and oxygen atoms in total. The first kappa shape index (κ1) is 16.3. The lowest BCUT2D eigenvalue weighted by Crippen LogP contribution is -2.14. The number of hydrogen-bond acceptors (Lipinski definition) is 4. The van der Waals surface area contributed by atoms with E-state index in [4.69, 9.17) is 5.73 Å². The number of nitriles is 2. The zero-order chi connectivity index (χ0) is 17.8. The summed E-state index contributed by atoms with van der Waals surface area (Å²) in [5, 5.41) is 23.5. The minimum atomic E-state index is -0.850. The van der Waals surface area contributed by atoms with Crippen LogP contribution in [0.3, 0.4) is 0 Å². The van der Waals surface area contributed by atoms with E-state index in [0.717, 1.165) is 16.8 Å². The van der Waals surface area contributed by atoms with Crippen LogP contribution in [0.15, 0.2) is 60.7 Å². The van der Waals surface area contributed by atoms with Crippen LogP contribution in [0.25, 0.3) is 5.69 Å². The van der Waals surface area contributed by atoms with Gasteiger partial charge in [-0.05, 0) is 24.6 Å². The third kappa shape index (κ3) is 2.96. The van der Waals surface area contributed by atoms with Gasteiger partial charge in [-0.1, -0.05) is 48.5 Å². The van der Waals surface area contributed by atoms with Crippen LogP contribution in [-0.2, 0) is 0 Å². The van der Waals surface area contributed by atoms with Gasteiger partial charge in [0.05, 0.1) is 23.5 Å². The molecule has 0 spiro atoms. The summed E-state index contributed by atoms with van der Waals surface area (Å²) in [7, 11) is 0. The van der Waals surface area contributed by atoms with E-state index in [2.05, 4.69) is 17.2 Å². The number of nitrogens with two attached hydrogens (primary N) is 1. The molecular formula is C20H17N5. The van der Waals surface area contributed by atoms with Gasteiger partial charge < -0.3 is 5.73 Å². The molecule has 0 bridgehead atoms. The van der Waals surface area contributed by atoms with Gasteiger partial charge in [0.1, 0.15) is 11.7 Å². The highest BCUT2D eigenvalue weighted by Crippen LogP contribution is 2.37. The Balaban J connectivity index is 2.20. The van der Waals surface area contributed by atoms with Crippen LogP contribution >= 0.6 is 0 Å². The van der Waals surface area contributed by atoms with E-state index in [1.807, 2.05) is 67.6 Å². The summed E-state index contributed by atoms with van der Waals surface area (Å²) in [6, 6.07) is 23.3. The molecule has 0 amide bonds. The molecule has 0 aliphatic carbocycles. The molecule has 0 radical (unpaired) electrons. The lowest BCUT2D eigenvalue weighted by Gasteiger charge is -2.18. The van der Waals surface area contributed by atoms with Gasteiger partial charge in [-0.3, -0.25) is 0 Å². The summed E-state index contributed by atoms with van der Waals surface area (Å²) >= 11 is 0. The minimum absolute atomic E-state index is 0.450. The van der Waals surface area contributed by atoms with Crippen molar-refractivity contribution in [1.82, 2.24) is 9.78 Å². The predicted octanol–water partition coefficient (Wildman–Crippen LogP) is 3.56. The molecule has 0 saturated heterocycles. The Morgan fingerprint density at radius 1 is 0.960 bits per heavy atom. The molecule has 0 fully saturated rings. The van der Waals surface area contributed by atoms with E-state index in [0.29, 0.717) is 11.5 Å². The first-order valence-corrected chi connectivity index (χ1v) is 7.92. The largest absolute Gasteiger partial charge is 0.383 e. The topological polar surface area (TPSA) is 91.4 Å². The van der Waals surface area contributed by atoms with E-state index in [1.54, 1.807) is 4.68 Å². The van der Waals surface area contributed by atoms with Gasteiger partial charge in [-0.15, -0.1) is 0 Å². The Kier molecular flexibility index (Phi) is 4.50. The second-order valence-corrected chi connectivity index (χ2v) is 5.76. The van der Waals surface area contributed by atoms with Crippen molar-refractivity contribution in [1.29, 1.82) is 10.5 Å². The molecular weight excluding hydrogens is 310 g/mol. The first-order chi connectivity index (χ1) is 12.2. The Bertz CT molecular complexity index is 931.